The van der Waals surface area contributed by atoms with Crippen LogP contribution in [0.15, 0.2) is 60.8 Å². The summed E-state index contributed by atoms with van der Waals surface area (Å²) < 4.78 is 47.8. The van der Waals surface area contributed by atoms with Crippen LogP contribution in [0.25, 0.3) is 0 Å². The van der Waals surface area contributed by atoms with Crippen molar-refractivity contribution in [3.63, 3.8) is 0 Å². The summed E-state index contributed by atoms with van der Waals surface area (Å²) in [5, 5.41) is 5.72. The van der Waals surface area contributed by atoms with Crippen molar-refractivity contribution < 1.29 is 27.5 Å². The third-order valence-electron chi connectivity index (χ3n) is 7.08. The van der Waals surface area contributed by atoms with E-state index in [4.69, 9.17) is 10.5 Å². The number of nitrogens with two attached hydrogens (primary N) is 1. The smallest absolute Gasteiger partial charge is 0.419 e. The highest BCUT2D eigenvalue weighted by molar-refractivity contribution is 5.85. The van der Waals surface area contributed by atoms with Crippen LogP contribution in [0, 0.1) is 5.41 Å². The summed E-state index contributed by atoms with van der Waals surface area (Å²) in [6, 6.07) is 15.6. The van der Waals surface area contributed by atoms with E-state index in [0.29, 0.717) is 18.5 Å². The van der Waals surface area contributed by atoms with Crippen molar-refractivity contribution in [2.24, 2.45) is 11.1 Å². The zero-order valence-corrected chi connectivity index (χ0v) is 23.4. The summed E-state index contributed by atoms with van der Waals surface area (Å²) in [4.78, 5) is 32.9. The van der Waals surface area contributed by atoms with Gasteiger partial charge in [0.05, 0.1) is 22.7 Å². The maximum atomic E-state index is 14.2. The first-order chi connectivity index (χ1) is 19.2. The van der Waals surface area contributed by atoms with Gasteiger partial charge in [0.2, 0.25) is 11.9 Å². The Morgan fingerprint density at radius 3 is 2.22 bits per heavy atom. The number of ether oxygens (including phenoxy) is 1. The van der Waals surface area contributed by atoms with Gasteiger partial charge < -0.3 is 21.1 Å². The third kappa shape index (κ3) is 7.33. The molecule has 11 heteroatoms. The Morgan fingerprint density at radius 1 is 1.05 bits per heavy atom. The number of carbonyl (C=O) groups is 2. The van der Waals surface area contributed by atoms with E-state index in [0.717, 1.165) is 17.3 Å². The molecule has 0 spiro atoms. The molecule has 0 saturated heterocycles. The molecule has 41 heavy (non-hydrogen) atoms. The van der Waals surface area contributed by atoms with Gasteiger partial charge in [0.15, 0.2) is 0 Å². The quantitative estimate of drug-likeness (QED) is 0.274. The molecule has 1 heterocycles. The van der Waals surface area contributed by atoms with Gasteiger partial charge in [-0.2, -0.15) is 13.2 Å². The number of halogens is 3. The molecule has 4 rings (SSSR count). The predicted octanol–water partition coefficient (Wildman–Crippen LogP) is 6.42. The van der Waals surface area contributed by atoms with Crippen molar-refractivity contribution in [3.8, 4) is 0 Å². The van der Waals surface area contributed by atoms with E-state index in [1.165, 1.54) is 0 Å². The van der Waals surface area contributed by atoms with Gasteiger partial charge in [0.25, 0.3) is 0 Å². The molecule has 1 aromatic heterocycles. The summed E-state index contributed by atoms with van der Waals surface area (Å²) in [6.07, 6.45) is -3.58. The maximum Gasteiger partial charge on any atom is 0.419 e. The standard InChI is InChI=1S/C30H34F3N5O3/c1-18(36-27(40)41-28(2,3)4)20-10-12-21(13-11-20)37-26-35-17-23(30(31,32)33)24(38-26)22(29(14-15-29)25(34)39)16-19-8-6-5-7-9-19/h5-13,17-18,22H,14-16H2,1-4H3,(H2,34,39)(H,36,40)(H,35,37,38). The largest absolute Gasteiger partial charge is 0.444 e. The van der Waals surface area contributed by atoms with Gasteiger partial charge in [-0.15, -0.1) is 0 Å². The van der Waals surface area contributed by atoms with Crippen molar-refractivity contribution >= 4 is 23.6 Å². The molecule has 0 radical (unpaired) electrons. The lowest BCUT2D eigenvalue weighted by Gasteiger charge is -2.27. The summed E-state index contributed by atoms with van der Waals surface area (Å²) in [7, 11) is 0. The highest BCUT2D eigenvalue weighted by Crippen LogP contribution is 2.58. The molecule has 2 unspecified atom stereocenters. The van der Waals surface area contributed by atoms with Gasteiger partial charge in [-0.25, -0.2) is 14.8 Å². The number of alkyl halides is 3. The monoisotopic (exact) mass is 569 g/mol. The number of alkyl carbamates (subject to hydrolysis) is 1. The zero-order valence-electron chi connectivity index (χ0n) is 23.4. The van der Waals surface area contributed by atoms with Gasteiger partial charge in [0.1, 0.15) is 5.60 Å². The fourth-order valence-electron chi connectivity index (χ4n) is 4.80. The highest BCUT2D eigenvalue weighted by Gasteiger charge is 2.57. The van der Waals surface area contributed by atoms with Crippen LogP contribution in [0.2, 0.25) is 0 Å². The van der Waals surface area contributed by atoms with E-state index >= 15 is 0 Å². The van der Waals surface area contributed by atoms with Crippen molar-refractivity contribution in [1.82, 2.24) is 15.3 Å². The van der Waals surface area contributed by atoms with E-state index in [1.54, 1.807) is 76.2 Å². The van der Waals surface area contributed by atoms with Gasteiger partial charge in [0, 0.05) is 17.8 Å². The van der Waals surface area contributed by atoms with Gasteiger partial charge >= 0.3 is 12.3 Å². The molecular weight excluding hydrogens is 535 g/mol. The van der Waals surface area contributed by atoms with Crippen molar-refractivity contribution in [2.45, 2.75) is 70.7 Å². The van der Waals surface area contributed by atoms with Crippen LogP contribution in [0.1, 0.15) is 74.9 Å². The first kappa shape index (κ1) is 29.8. The Bertz CT molecular complexity index is 1390. The number of hydrogen-bond donors (Lipinski definition) is 3. The van der Waals surface area contributed by atoms with Gasteiger partial charge in [-0.3, -0.25) is 4.79 Å². The second-order valence-corrected chi connectivity index (χ2v) is 11.4. The minimum absolute atomic E-state index is 0.0426. The Balaban J connectivity index is 1.61. The van der Waals surface area contributed by atoms with Crippen molar-refractivity contribution in [3.05, 3.63) is 83.2 Å². The number of rotatable bonds is 9. The van der Waals surface area contributed by atoms with E-state index in [2.05, 4.69) is 20.6 Å². The Kier molecular flexibility index (Phi) is 8.28. The first-order valence-corrected chi connectivity index (χ1v) is 13.3. The average molecular weight is 570 g/mol. The average Bonchev–Trinajstić information content (AvgIpc) is 3.69. The summed E-state index contributed by atoms with van der Waals surface area (Å²) in [5.41, 5.74) is 4.82. The molecule has 1 aliphatic carbocycles. The Hall–Kier alpha value is -4.15. The van der Waals surface area contributed by atoms with E-state index in [-0.39, 0.29) is 24.1 Å². The molecule has 218 valence electrons. The molecular formula is C30H34F3N5O3. The third-order valence-corrected chi connectivity index (χ3v) is 7.08. The number of anilines is 2. The molecule has 2 amide bonds. The molecule has 1 aliphatic rings. The van der Waals surface area contributed by atoms with Crippen LogP contribution in [-0.4, -0.2) is 27.6 Å². The SMILES string of the molecule is CC(NC(=O)OC(C)(C)C)c1ccc(Nc2ncc(C(F)(F)F)c(C(Cc3ccccc3)C3(C(N)=O)CC3)n2)cc1. The minimum atomic E-state index is -4.73. The van der Waals surface area contributed by atoms with Crippen LogP contribution in [0.4, 0.5) is 29.6 Å². The molecule has 8 nitrogen and oxygen atoms in total. The van der Waals surface area contributed by atoms with Crippen molar-refractivity contribution in [1.29, 1.82) is 0 Å². The second kappa shape index (κ2) is 11.4. The number of amides is 2. The Morgan fingerprint density at radius 2 is 1.68 bits per heavy atom. The van der Waals surface area contributed by atoms with Crippen LogP contribution in [0.5, 0.6) is 0 Å². The molecule has 4 N–H and O–H groups in total. The Labute approximate surface area is 236 Å². The van der Waals surface area contributed by atoms with Crippen molar-refractivity contribution in [2.75, 3.05) is 5.32 Å². The number of benzene rings is 2. The molecule has 2 atom stereocenters. The maximum absolute atomic E-state index is 14.2. The fraction of sp³-hybridized carbons (Fsp3) is 0.400. The number of nitrogens with one attached hydrogen (secondary N) is 2. The summed E-state index contributed by atoms with van der Waals surface area (Å²) in [5.74, 6) is -1.56. The van der Waals surface area contributed by atoms with Crippen LogP contribution >= 0.6 is 0 Å². The van der Waals surface area contributed by atoms with Crippen LogP contribution in [-0.2, 0) is 22.1 Å². The molecule has 2 aromatic carbocycles. The minimum Gasteiger partial charge on any atom is -0.444 e. The van der Waals surface area contributed by atoms with E-state index < -0.39 is 40.7 Å². The topological polar surface area (TPSA) is 119 Å². The molecule has 1 fully saturated rings. The molecule has 0 aliphatic heterocycles. The number of aromatic nitrogens is 2. The normalized spacial score (nSPS) is 15.9. The van der Waals surface area contributed by atoms with E-state index in [9.17, 15) is 22.8 Å². The van der Waals surface area contributed by atoms with Gasteiger partial charge in [-0.1, -0.05) is 42.5 Å². The number of nitrogens with zero attached hydrogens (tertiary/aromatic N) is 2. The number of carbonyl (C=O) groups excluding carboxylic acids is 2. The summed E-state index contributed by atoms with van der Waals surface area (Å²) >= 11 is 0. The van der Waals surface area contributed by atoms with E-state index in [1.807, 2.05) is 6.07 Å². The zero-order chi connectivity index (χ0) is 30.0. The lowest BCUT2D eigenvalue weighted by atomic mass is 9.79. The van der Waals surface area contributed by atoms with Gasteiger partial charge in [-0.05, 0) is 70.2 Å². The predicted molar refractivity (Wildman–Crippen MR) is 148 cm³/mol. The number of primary amides is 1. The second-order valence-electron chi connectivity index (χ2n) is 11.4. The van der Waals surface area contributed by atoms with Crippen LogP contribution < -0.4 is 16.4 Å². The van der Waals surface area contributed by atoms with Crippen LogP contribution in [0.3, 0.4) is 0 Å². The highest BCUT2D eigenvalue weighted by atomic mass is 19.4. The number of hydrogen-bond acceptors (Lipinski definition) is 6. The molecule has 1 saturated carbocycles. The summed E-state index contributed by atoms with van der Waals surface area (Å²) in [6.45, 7) is 7.12. The molecule has 0 bridgehead atoms. The molecule has 3 aromatic rings. The fourth-order valence-corrected chi connectivity index (χ4v) is 4.80. The lowest BCUT2D eigenvalue weighted by molar-refractivity contribution is -0.139. The first-order valence-electron chi connectivity index (χ1n) is 13.3. The lowest BCUT2D eigenvalue weighted by Crippen LogP contribution is -2.34.